The second kappa shape index (κ2) is 4.39. The van der Waals surface area contributed by atoms with Crippen LogP contribution >= 0.6 is 0 Å². The molecule has 1 heterocycles. The molecule has 1 amide bonds. The summed E-state index contributed by atoms with van der Waals surface area (Å²) >= 11 is 0. The molecule has 0 saturated heterocycles. The van der Waals surface area contributed by atoms with Crippen LogP contribution in [-0.2, 0) is 11.0 Å². The molecule has 1 atom stereocenters. The van der Waals surface area contributed by atoms with Gasteiger partial charge in [-0.2, -0.15) is 13.2 Å². The van der Waals surface area contributed by atoms with E-state index in [-0.39, 0.29) is 5.56 Å². The molecule has 82 valence electrons. The number of carbonyl (C=O) groups excluding carboxylic acids is 1. The van der Waals surface area contributed by atoms with Gasteiger partial charge in [-0.3, -0.25) is 14.5 Å². The highest BCUT2D eigenvalue weighted by atomic mass is 32.2. The van der Waals surface area contributed by atoms with E-state index in [9.17, 15) is 22.2 Å². The maximum absolute atomic E-state index is 11.8. The van der Waals surface area contributed by atoms with Crippen molar-refractivity contribution in [3.05, 3.63) is 30.1 Å². The predicted octanol–water partition coefficient (Wildman–Crippen LogP) is 0.995. The van der Waals surface area contributed by atoms with Gasteiger partial charge in [-0.25, -0.2) is 4.21 Å². The second-order valence-corrected chi connectivity index (χ2v) is 3.59. The molecule has 4 nitrogen and oxygen atoms in total. The van der Waals surface area contributed by atoms with Crippen LogP contribution in [0.25, 0.3) is 0 Å². The van der Waals surface area contributed by atoms with Gasteiger partial charge in [0.15, 0.2) is 0 Å². The fourth-order valence-electron chi connectivity index (χ4n) is 0.698. The maximum atomic E-state index is 11.8. The molecule has 0 aliphatic carbocycles. The number of amides is 1. The Balaban J connectivity index is 2.70. The Morgan fingerprint density at radius 3 is 2.60 bits per heavy atom. The molecule has 8 heteroatoms. The minimum atomic E-state index is -4.96. The largest absolute Gasteiger partial charge is 0.490 e. The standard InChI is InChI=1S/C7H5F3N2O2S/c8-7(9,10)15(14)12-6(13)5-2-1-3-11-4-5/h1-4H,(H,12,13). The highest BCUT2D eigenvalue weighted by Crippen LogP contribution is 2.18. The quantitative estimate of drug-likeness (QED) is 0.836. The van der Waals surface area contributed by atoms with Crippen molar-refractivity contribution in [1.29, 1.82) is 0 Å². The predicted molar refractivity (Wildman–Crippen MR) is 45.9 cm³/mol. The number of hydrogen-bond acceptors (Lipinski definition) is 3. The van der Waals surface area contributed by atoms with Gasteiger partial charge in [-0.05, 0) is 12.1 Å². The van der Waals surface area contributed by atoms with Crippen molar-refractivity contribution < 1.29 is 22.2 Å². The molecule has 1 aromatic rings. The normalized spacial score (nSPS) is 13.3. The molecule has 0 aliphatic rings. The lowest BCUT2D eigenvalue weighted by molar-refractivity contribution is -0.0393. The Hall–Kier alpha value is -1.44. The van der Waals surface area contributed by atoms with Crippen molar-refractivity contribution in [3.8, 4) is 0 Å². The van der Waals surface area contributed by atoms with Gasteiger partial charge in [0.25, 0.3) is 5.91 Å². The fraction of sp³-hybridized carbons (Fsp3) is 0.143. The maximum Gasteiger partial charge on any atom is 0.490 e. The average molecular weight is 238 g/mol. The van der Waals surface area contributed by atoms with Gasteiger partial charge < -0.3 is 0 Å². The smallest absolute Gasteiger partial charge is 0.268 e. The van der Waals surface area contributed by atoms with Crippen molar-refractivity contribution in [2.45, 2.75) is 5.51 Å². The Labute approximate surface area is 85.1 Å². The molecule has 1 N–H and O–H groups in total. The number of aromatic nitrogens is 1. The Morgan fingerprint density at radius 1 is 1.47 bits per heavy atom. The zero-order valence-corrected chi connectivity index (χ0v) is 7.93. The lowest BCUT2D eigenvalue weighted by Gasteiger charge is -2.06. The molecular formula is C7H5F3N2O2S. The topological polar surface area (TPSA) is 59.1 Å². The van der Waals surface area contributed by atoms with Gasteiger partial charge in [0.2, 0.25) is 11.0 Å². The van der Waals surface area contributed by atoms with Crippen LogP contribution in [0.1, 0.15) is 10.4 Å². The van der Waals surface area contributed by atoms with Gasteiger partial charge in [-0.1, -0.05) is 0 Å². The summed E-state index contributed by atoms with van der Waals surface area (Å²) in [5, 5.41) is 0. The number of hydrogen-bond donors (Lipinski definition) is 1. The highest BCUT2D eigenvalue weighted by Gasteiger charge is 2.38. The molecule has 0 spiro atoms. The SMILES string of the molecule is O=C(NS(=O)C(F)(F)F)c1cccnc1. The number of halogens is 3. The summed E-state index contributed by atoms with van der Waals surface area (Å²) in [7, 11) is -3.40. The molecule has 0 bridgehead atoms. The molecule has 1 rings (SSSR count). The van der Waals surface area contributed by atoms with Crippen molar-refractivity contribution in [3.63, 3.8) is 0 Å². The van der Waals surface area contributed by atoms with Crippen molar-refractivity contribution in [1.82, 2.24) is 9.71 Å². The first-order chi connectivity index (χ1) is 6.91. The van der Waals surface area contributed by atoms with Gasteiger partial charge in [0.1, 0.15) is 0 Å². The summed E-state index contributed by atoms with van der Waals surface area (Å²) in [4.78, 5) is 14.6. The Morgan fingerprint density at radius 2 is 2.13 bits per heavy atom. The Bertz CT molecular complexity index is 380. The lowest BCUT2D eigenvalue weighted by Crippen LogP contribution is -2.34. The van der Waals surface area contributed by atoms with Crippen LogP contribution < -0.4 is 4.72 Å². The van der Waals surface area contributed by atoms with Crippen molar-refractivity contribution in [2.24, 2.45) is 0 Å². The number of rotatable bonds is 2. The number of nitrogens with zero attached hydrogens (tertiary/aromatic N) is 1. The van der Waals surface area contributed by atoms with Crippen LogP contribution in [0.4, 0.5) is 13.2 Å². The molecule has 1 aromatic heterocycles. The molecular weight excluding hydrogens is 233 g/mol. The minimum Gasteiger partial charge on any atom is -0.268 e. The number of pyridine rings is 1. The van der Waals surface area contributed by atoms with E-state index in [0.29, 0.717) is 0 Å². The monoisotopic (exact) mass is 238 g/mol. The van der Waals surface area contributed by atoms with Crippen LogP contribution in [0.15, 0.2) is 24.5 Å². The fourth-order valence-corrected chi connectivity index (χ4v) is 1.10. The molecule has 0 saturated carbocycles. The molecule has 0 radical (unpaired) electrons. The third-order valence-corrected chi connectivity index (χ3v) is 2.11. The summed E-state index contributed by atoms with van der Waals surface area (Å²) in [5.41, 5.74) is -5.05. The van der Waals surface area contributed by atoms with Crippen LogP contribution in [0.5, 0.6) is 0 Å². The first-order valence-electron chi connectivity index (χ1n) is 3.61. The Kier molecular flexibility index (Phi) is 3.40. The van der Waals surface area contributed by atoms with E-state index in [1.807, 2.05) is 0 Å². The van der Waals surface area contributed by atoms with Crippen LogP contribution in [0, 0.1) is 0 Å². The van der Waals surface area contributed by atoms with Crippen molar-refractivity contribution in [2.75, 3.05) is 0 Å². The summed E-state index contributed by atoms with van der Waals surface area (Å²) in [5.74, 6) is -1.08. The van der Waals surface area contributed by atoms with Gasteiger partial charge in [0.05, 0.1) is 5.56 Å². The molecule has 1 unspecified atom stereocenters. The van der Waals surface area contributed by atoms with Crippen LogP contribution in [0.2, 0.25) is 0 Å². The van der Waals surface area contributed by atoms with Crippen LogP contribution in [0.3, 0.4) is 0 Å². The zero-order valence-electron chi connectivity index (χ0n) is 7.12. The van der Waals surface area contributed by atoms with Gasteiger partial charge in [-0.15, -0.1) is 0 Å². The third-order valence-electron chi connectivity index (χ3n) is 1.32. The third kappa shape index (κ3) is 3.31. The molecule has 0 fully saturated rings. The summed E-state index contributed by atoms with van der Waals surface area (Å²) in [6.45, 7) is 0. The first kappa shape index (κ1) is 11.6. The lowest BCUT2D eigenvalue weighted by atomic mass is 10.3. The summed E-state index contributed by atoms with van der Waals surface area (Å²) in [6.07, 6.45) is 2.43. The van der Waals surface area contributed by atoms with Gasteiger partial charge >= 0.3 is 5.51 Å². The minimum absolute atomic E-state index is 0.0879. The first-order valence-corrected chi connectivity index (χ1v) is 4.76. The highest BCUT2D eigenvalue weighted by molar-refractivity contribution is 7.84. The van der Waals surface area contributed by atoms with Crippen LogP contribution in [-0.4, -0.2) is 20.6 Å². The molecule has 15 heavy (non-hydrogen) atoms. The van der Waals surface area contributed by atoms with E-state index >= 15 is 0 Å². The van der Waals surface area contributed by atoms with E-state index in [4.69, 9.17) is 0 Å². The van der Waals surface area contributed by atoms with E-state index in [0.717, 1.165) is 6.20 Å². The van der Waals surface area contributed by atoms with E-state index < -0.39 is 22.4 Å². The van der Waals surface area contributed by atoms with Gasteiger partial charge in [0, 0.05) is 12.4 Å². The number of alkyl halides is 3. The molecule has 0 aromatic carbocycles. The molecule has 0 aliphatic heterocycles. The average Bonchev–Trinajstić information content (AvgIpc) is 2.17. The zero-order chi connectivity index (χ0) is 11.5. The number of carbonyl (C=O) groups is 1. The summed E-state index contributed by atoms with van der Waals surface area (Å²) < 4.78 is 47.2. The van der Waals surface area contributed by atoms with E-state index in [2.05, 4.69) is 4.98 Å². The summed E-state index contributed by atoms with van der Waals surface area (Å²) in [6, 6.07) is 2.64. The van der Waals surface area contributed by atoms with E-state index in [1.165, 1.54) is 23.1 Å². The number of nitrogens with one attached hydrogen (secondary N) is 1. The van der Waals surface area contributed by atoms with E-state index in [1.54, 1.807) is 0 Å². The van der Waals surface area contributed by atoms with Crippen molar-refractivity contribution >= 4 is 16.9 Å². The second-order valence-electron chi connectivity index (χ2n) is 2.39.